The number of pyridine rings is 1. The van der Waals surface area contributed by atoms with Crippen LogP contribution in [0.5, 0.6) is 0 Å². The van der Waals surface area contributed by atoms with E-state index in [-0.39, 0.29) is 6.42 Å². The molecule has 0 fully saturated rings. The molecule has 0 unspecified atom stereocenters. The zero-order valence-electron chi connectivity index (χ0n) is 11.0. The van der Waals surface area contributed by atoms with Crippen molar-refractivity contribution in [2.45, 2.75) is 6.42 Å². The van der Waals surface area contributed by atoms with Crippen LogP contribution in [0, 0.1) is 0 Å². The van der Waals surface area contributed by atoms with Crippen LogP contribution in [0.15, 0.2) is 65.0 Å². The predicted molar refractivity (Wildman–Crippen MR) is 77.1 cm³/mol. The first-order chi connectivity index (χ1) is 10.2. The average Bonchev–Trinajstić information content (AvgIpc) is 2.82. The van der Waals surface area contributed by atoms with Gasteiger partial charge in [-0.05, 0) is 24.3 Å². The lowest BCUT2D eigenvalue weighted by atomic mass is 10.3. The monoisotopic (exact) mass is 280 g/mol. The van der Waals surface area contributed by atoms with Crippen molar-refractivity contribution in [3.05, 3.63) is 60.4 Å². The summed E-state index contributed by atoms with van der Waals surface area (Å²) < 4.78 is 1.73. The maximum absolute atomic E-state index is 11.0. The number of fused-ring (bicyclic) bond motifs is 1. The minimum absolute atomic E-state index is 0.190. The number of azo groups is 1. The number of aromatic nitrogens is 2. The topological polar surface area (TPSA) is 79.3 Å². The highest BCUT2D eigenvalue weighted by Gasteiger charge is 2.14. The van der Waals surface area contributed by atoms with Crippen molar-refractivity contribution in [3.63, 3.8) is 0 Å². The van der Waals surface area contributed by atoms with E-state index >= 15 is 0 Å². The second-order valence-corrected chi connectivity index (χ2v) is 4.42. The number of benzene rings is 1. The molecule has 0 atom stereocenters. The van der Waals surface area contributed by atoms with E-state index in [1.54, 1.807) is 16.7 Å². The molecule has 0 bridgehead atoms. The Labute approximate surface area is 120 Å². The van der Waals surface area contributed by atoms with Gasteiger partial charge in [0, 0.05) is 6.20 Å². The van der Waals surface area contributed by atoms with Crippen LogP contribution in [0.25, 0.3) is 5.65 Å². The van der Waals surface area contributed by atoms with Crippen LogP contribution in [0.1, 0.15) is 5.69 Å². The number of aliphatic carboxylic acids is 1. The molecule has 0 aliphatic rings. The summed E-state index contributed by atoms with van der Waals surface area (Å²) in [5.74, 6) is -0.508. The Morgan fingerprint density at radius 3 is 2.62 bits per heavy atom. The molecule has 1 aromatic carbocycles. The van der Waals surface area contributed by atoms with E-state index in [4.69, 9.17) is 5.11 Å². The van der Waals surface area contributed by atoms with Gasteiger partial charge in [0.05, 0.1) is 17.8 Å². The number of nitrogens with zero attached hydrogens (tertiary/aromatic N) is 4. The fraction of sp³-hybridized carbons (Fsp3) is 0.0667. The van der Waals surface area contributed by atoms with Crippen molar-refractivity contribution in [1.29, 1.82) is 0 Å². The molecule has 1 N–H and O–H groups in total. The third-order valence-corrected chi connectivity index (χ3v) is 2.91. The standard InChI is InChI=1S/C15H12N4O2/c20-14(21)10-12-15(18-17-11-6-2-1-3-7-11)19-9-5-4-8-13(19)16-12/h1-9H,10H2,(H,20,21). The van der Waals surface area contributed by atoms with E-state index in [2.05, 4.69) is 15.2 Å². The van der Waals surface area contributed by atoms with Gasteiger partial charge in [-0.25, -0.2) is 4.98 Å². The van der Waals surface area contributed by atoms with Gasteiger partial charge in [0.1, 0.15) is 5.65 Å². The Kier molecular flexibility index (Phi) is 3.42. The van der Waals surface area contributed by atoms with E-state index in [0.29, 0.717) is 22.8 Å². The molecule has 0 amide bonds. The number of carboxylic acid groups (broad SMARTS) is 1. The smallest absolute Gasteiger partial charge is 0.309 e. The highest BCUT2D eigenvalue weighted by atomic mass is 16.4. The summed E-state index contributed by atoms with van der Waals surface area (Å²) in [6.07, 6.45) is 1.60. The molecule has 0 saturated heterocycles. The molecule has 0 spiro atoms. The molecule has 104 valence electrons. The number of hydrogen-bond acceptors (Lipinski definition) is 4. The molecule has 0 saturated carbocycles. The molecule has 6 nitrogen and oxygen atoms in total. The van der Waals surface area contributed by atoms with E-state index in [1.165, 1.54) is 0 Å². The maximum Gasteiger partial charge on any atom is 0.309 e. The molecule has 3 rings (SSSR count). The summed E-state index contributed by atoms with van der Waals surface area (Å²) in [5, 5.41) is 17.3. The first kappa shape index (κ1) is 13.0. The molecule has 6 heteroatoms. The van der Waals surface area contributed by atoms with E-state index in [9.17, 15) is 4.79 Å². The Balaban J connectivity index is 2.06. The zero-order chi connectivity index (χ0) is 14.7. The number of carbonyl (C=O) groups is 1. The van der Waals surface area contributed by atoms with Crippen LogP contribution < -0.4 is 0 Å². The third-order valence-electron chi connectivity index (χ3n) is 2.91. The van der Waals surface area contributed by atoms with Crippen molar-refractivity contribution in [1.82, 2.24) is 9.38 Å². The lowest BCUT2D eigenvalue weighted by molar-refractivity contribution is -0.136. The summed E-state index contributed by atoms with van der Waals surface area (Å²) in [5.41, 5.74) is 1.74. The van der Waals surface area contributed by atoms with Crippen LogP contribution >= 0.6 is 0 Å². The summed E-state index contributed by atoms with van der Waals surface area (Å²) in [4.78, 5) is 15.2. The number of hydrogen-bond donors (Lipinski definition) is 1. The molecule has 0 radical (unpaired) electrons. The number of imidazole rings is 1. The Bertz CT molecular complexity index is 809. The van der Waals surface area contributed by atoms with Crippen molar-refractivity contribution in [3.8, 4) is 0 Å². The SMILES string of the molecule is O=C(O)Cc1nc2ccccn2c1N=Nc1ccccc1. The van der Waals surface area contributed by atoms with Gasteiger partial charge in [0.15, 0.2) is 5.82 Å². The summed E-state index contributed by atoms with van der Waals surface area (Å²) in [6.45, 7) is 0. The normalized spacial score (nSPS) is 11.2. The molecule has 0 aliphatic carbocycles. The van der Waals surface area contributed by atoms with Gasteiger partial charge in [-0.15, -0.1) is 10.2 Å². The lowest BCUT2D eigenvalue weighted by Gasteiger charge is -1.96. The Morgan fingerprint density at radius 2 is 1.86 bits per heavy atom. The molecule has 2 heterocycles. The fourth-order valence-electron chi connectivity index (χ4n) is 2.00. The van der Waals surface area contributed by atoms with Crippen LogP contribution in [0.2, 0.25) is 0 Å². The van der Waals surface area contributed by atoms with Gasteiger partial charge in [0.2, 0.25) is 0 Å². The highest BCUT2D eigenvalue weighted by molar-refractivity contribution is 5.72. The molecular weight excluding hydrogens is 268 g/mol. The molecule has 2 aromatic heterocycles. The van der Waals surface area contributed by atoms with Gasteiger partial charge < -0.3 is 5.11 Å². The van der Waals surface area contributed by atoms with Gasteiger partial charge in [-0.3, -0.25) is 9.20 Å². The van der Waals surface area contributed by atoms with Crippen molar-refractivity contribution in [2.75, 3.05) is 0 Å². The van der Waals surface area contributed by atoms with Crippen molar-refractivity contribution >= 4 is 23.1 Å². The highest BCUT2D eigenvalue weighted by Crippen LogP contribution is 2.24. The van der Waals surface area contributed by atoms with Gasteiger partial charge in [-0.1, -0.05) is 24.3 Å². The van der Waals surface area contributed by atoms with E-state index < -0.39 is 5.97 Å². The van der Waals surface area contributed by atoms with Crippen LogP contribution in [-0.2, 0) is 11.2 Å². The minimum Gasteiger partial charge on any atom is -0.481 e. The van der Waals surface area contributed by atoms with Crippen LogP contribution in [0.4, 0.5) is 11.5 Å². The average molecular weight is 280 g/mol. The molecule has 3 aromatic rings. The van der Waals surface area contributed by atoms with E-state index in [0.717, 1.165) is 0 Å². The van der Waals surface area contributed by atoms with Crippen molar-refractivity contribution in [2.24, 2.45) is 10.2 Å². The lowest BCUT2D eigenvalue weighted by Crippen LogP contribution is -2.00. The van der Waals surface area contributed by atoms with Gasteiger partial charge in [-0.2, -0.15) is 0 Å². The minimum atomic E-state index is -0.949. The summed E-state index contributed by atoms with van der Waals surface area (Å²) >= 11 is 0. The number of rotatable bonds is 4. The van der Waals surface area contributed by atoms with Crippen LogP contribution in [0.3, 0.4) is 0 Å². The second-order valence-electron chi connectivity index (χ2n) is 4.42. The second kappa shape index (κ2) is 5.54. The first-order valence-electron chi connectivity index (χ1n) is 6.38. The third kappa shape index (κ3) is 2.79. The predicted octanol–water partition coefficient (Wildman–Crippen LogP) is 3.38. The summed E-state index contributed by atoms with van der Waals surface area (Å²) in [7, 11) is 0. The maximum atomic E-state index is 11.0. The molecular formula is C15H12N4O2. The van der Waals surface area contributed by atoms with Gasteiger partial charge >= 0.3 is 5.97 Å². The van der Waals surface area contributed by atoms with Gasteiger partial charge in [0.25, 0.3) is 0 Å². The fourth-order valence-corrected chi connectivity index (χ4v) is 2.00. The zero-order valence-corrected chi connectivity index (χ0v) is 11.0. The summed E-state index contributed by atoms with van der Waals surface area (Å²) in [6, 6.07) is 14.7. The Morgan fingerprint density at radius 1 is 1.10 bits per heavy atom. The largest absolute Gasteiger partial charge is 0.481 e. The first-order valence-corrected chi connectivity index (χ1v) is 6.38. The quantitative estimate of drug-likeness (QED) is 0.744. The Hall–Kier alpha value is -3.02. The van der Waals surface area contributed by atoms with E-state index in [1.807, 2.05) is 42.5 Å². The number of carboxylic acids is 1. The molecule has 21 heavy (non-hydrogen) atoms. The van der Waals surface area contributed by atoms with Crippen LogP contribution in [-0.4, -0.2) is 20.5 Å². The van der Waals surface area contributed by atoms with Crippen molar-refractivity contribution < 1.29 is 9.90 Å². The molecule has 0 aliphatic heterocycles.